The fourth-order valence-corrected chi connectivity index (χ4v) is 1.94. The minimum absolute atomic E-state index is 0.0563. The summed E-state index contributed by atoms with van der Waals surface area (Å²) >= 11 is 0. The lowest BCUT2D eigenvalue weighted by Gasteiger charge is -2.06. The molecule has 2 rings (SSSR count). The second-order valence-corrected chi connectivity index (χ2v) is 4.89. The number of carbonyl (C=O) groups excluding carboxylic acids is 1. The Hall–Kier alpha value is -2.62. The summed E-state index contributed by atoms with van der Waals surface area (Å²) in [6.07, 6.45) is 3.76. The van der Waals surface area contributed by atoms with Gasteiger partial charge in [0.1, 0.15) is 5.75 Å². The third kappa shape index (κ3) is 5.40. The summed E-state index contributed by atoms with van der Waals surface area (Å²) in [7, 11) is 0. The van der Waals surface area contributed by atoms with E-state index in [-0.39, 0.29) is 12.5 Å². The first-order valence-electron chi connectivity index (χ1n) is 7.36. The van der Waals surface area contributed by atoms with Gasteiger partial charge in [-0.05, 0) is 29.7 Å². The van der Waals surface area contributed by atoms with Gasteiger partial charge in [0.2, 0.25) is 0 Å². The number of hydrazone groups is 1. The van der Waals surface area contributed by atoms with E-state index in [1.165, 1.54) is 5.56 Å². The Morgan fingerprint density at radius 3 is 2.55 bits per heavy atom. The predicted octanol–water partition coefficient (Wildman–Crippen LogP) is 3.17. The van der Waals surface area contributed by atoms with Crippen molar-refractivity contribution in [2.24, 2.45) is 5.10 Å². The van der Waals surface area contributed by atoms with E-state index >= 15 is 0 Å². The highest BCUT2D eigenvalue weighted by atomic mass is 16.5. The van der Waals surface area contributed by atoms with Gasteiger partial charge in [0.05, 0.1) is 6.21 Å². The van der Waals surface area contributed by atoms with Crippen LogP contribution in [0.3, 0.4) is 0 Å². The van der Waals surface area contributed by atoms with Gasteiger partial charge >= 0.3 is 0 Å². The van der Waals surface area contributed by atoms with Crippen LogP contribution in [0, 0.1) is 0 Å². The van der Waals surface area contributed by atoms with Crippen LogP contribution in [0.2, 0.25) is 0 Å². The molecular weight excluding hydrogens is 276 g/mol. The van der Waals surface area contributed by atoms with Gasteiger partial charge in [0.15, 0.2) is 6.61 Å². The third-order valence-corrected chi connectivity index (χ3v) is 3.03. The van der Waals surface area contributed by atoms with Gasteiger partial charge in [-0.3, -0.25) is 4.79 Å². The number of ether oxygens (including phenoxy) is 1. The Bertz CT molecular complexity index is 607. The Balaban J connectivity index is 1.74. The van der Waals surface area contributed by atoms with E-state index in [1.54, 1.807) is 6.21 Å². The van der Waals surface area contributed by atoms with Crippen LogP contribution in [0.1, 0.15) is 24.5 Å². The summed E-state index contributed by atoms with van der Waals surface area (Å²) in [6, 6.07) is 17.4. The number of amides is 1. The van der Waals surface area contributed by atoms with Gasteiger partial charge in [0.25, 0.3) is 5.91 Å². The average molecular weight is 296 g/mol. The zero-order valence-corrected chi connectivity index (χ0v) is 12.7. The van der Waals surface area contributed by atoms with Crippen molar-refractivity contribution in [2.45, 2.75) is 19.8 Å². The van der Waals surface area contributed by atoms with E-state index in [0.29, 0.717) is 5.75 Å². The first-order chi connectivity index (χ1) is 10.8. The molecule has 1 amide bonds. The number of carbonyl (C=O) groups is 1. The van der Waals surface area contributed by atoms with E-state index in [0.717, 1.165) is 18.4 Å². The first-order valence-corrected chi connectivity index (χ1v) is 7.36. The summed E-state index contributed by atoms with van der Waals surface area (Å²) in [5.41, 5.74) is 4.63. The highest BCUT2D eigenvalue weighted by Gasteiger charge is 2.01. The molecular formula is C18H20N2O2. The summed E-state index contributed by atoms with van der Waals surface area (Å²) in [5.74, 6) is 0.395. The molecule has 0 fully saturated rings. The van der Waals surface area contributed by atoms with Crippen LogP contribution in [0.25, 0.3) is 0 Å². The zero-order chi connectivity index (χ0) is 15.6. The number of nitrogens with one attached hydrogen (secondary N) is 1. The lowest BCUT2D eigenvalue weighted by molar-refractivity contribution is -0.123. The molecule has 0 bridgehead atoms. The fourth-order valence-electron chi connectivity index (χ4n) is 1.94. The quantitative estimate of drug-likeness (QED) is 0.630. The third-order valence-electron chi connectivity index (χ3n) is 3.03. The van der Waals surface area contributed by atoms with Gasteiger partial charge in [-0.2, -0.15) is 5.10 Å². The van der Waals surface area contributed by atoms with E-state index in [2.05, 4.69) is 17.5 Å². The normalized spacial score (nSPS) is 10.6. The van der Waals surface area contributed by atoms with Gasteiger partial charge in [-0.15, -0.1) is 0 Å². The van der Waals surface area contributed by atoms with Gasteiger partial charge in [-0.25, -0.2) is 5.43 Å². The van der Waals surface area contributed by atoms with Gasteiger partial charge in [-0.1, -0.05) is 55.8 Å². The van der Waals surface area contributed by atoms with E-state index < -0.39 is 0 Å². The lowest BCUT2D eigenvalue weighted by Crippen LogP contribution is -2.24. The summed E-state index contributed by atoms with van der Waals surface area (Å²) in [6.45, 7) is 2.09. The molecule has 0 aliphatic carbocycles. The molecule has 0 spiro atoms. The number of hydrogen-bond donors (Lipinski definition) is 1. The lowest BCUT2D eigenvalue weighted by atomic mass is 10.1. The second kappa shape index (κ2) is 8.62. The molecule has 0 saturated heterocycles. The molecule has 0 aliphatic rings. The highest BCUT2D eigenvalue weighted by Crippen LogP contribution is 2.13. The molecule has 2 aromatic rings. The van der Waals surface area contributed by atoms with E-state index in [9.17, 15) is 4.79 Å². The molecule has 0 heterocycles. The molecule has 0 radical (unpaired) electrons. The maximum atomic E-state index is 11.6. The summed E-state index contributed by atoms with van der Waals surface area (Å²) in [4.78, 5) is 11.6. The second-order valence-electron chi connectivity index (χ2n) is 4.89. The molecule has 4 nitrogen and oxygen atoms in total. The Labute approximate surface area is 130 Å². The molecule has 114 valence electrons. The van der Waals surface area contributed by atoms with Crippen LogP contribution in [0.15, 0.2) is 59.7 Å². The maximum Gasteiger partial charge on any atom is 0.277 e. The number of hydrogen-bond acceptors (Lipinski definition) is 3. The Kier molecular flexibility index (Phi) is 6.18. The highest BCUT2D eigenvalue weighted by molar-refractivity contribution is 5.82. The zero-order valence-electron chi connectivity index (χ0n) is 12.7. The van der Waals surface area contributed by atoms with Crippen molar-refractivity contribution < 1.29 is 9.53 Å². The van der Waals surface area contributed by atoms with Crippen molar-refractivity contribution in [3.8, 4) is 5.75 Å². The number of nitrogens with zero attached hydrogens (tertiary/aromatic N) is 1. The molecule has 0 unspecified atom stereocenters. The van der Waals surface area contributed by atoms with Crippen LogP contribution in [0.4, 0.5) is 0 Å². The molecule has 0 saturated carbocycles. The monoisotopic (exact) mass is 296 g/mol. The van der Waals surface area contributed by atoms with Crippen LogP contribution < -0.4 is 10.2 Å². The molecule has 1 N–H and O–H groups in total. The molecule has 4 heteroatoms. The molecule has 0 atom stereocenters. The van der Waals surface area contributed by atoms with Crippen molar-refractivity contribution >= 4 is 12.1 Å². The minimum atomic E-state index is -0.287. The Morgan fingerprint density at radius 2 is 1.86 bits per heavy atom. The number of aryl methyl sites for hydroxylation is 1. The molecule has 2 aromatic carbocycles. The average Bonchev–Trinajstić information content (AvgIpc) is 2.55. The van der Waals surface area contributed by atoms with Crippen molar-refractivity contribution in [1.82, 2.24) is 5.43 Å². The van der Waals surface area contributed by atoms with Crippen molar-refractivity contribution in [2.75, 3.05) is 6.61 Å². The van der Waals surface area contributed by atoms with Crippen LogP contribution >= 0.6 is 0 Å². The van der Waals surface area contributed by atoms with Crippen molar-refractivity contribution in [3.63, 3.8) is 0 Å². The van der Waals surface area contributed by atoms with Crippen LogP contribution in [0.5, 0.6) is 5.75 Å². The number of rotatable bonds is 7. The van der Waals surface area contributed by atoms with Crippen molar-refractivity contribution in [3.05, 3.63) is 65.7 Å². The van der Waals surface area contributed by atoms with E-state index in [1.807, 2.05) is 54.6 Å². The smallest absolute Gasteiger partial charge is 0.277 e. The standard InChI is InChI=1S/C18H20N2O2/c1-2-6-15-9-11-17(12-10-15)22-14-18(21)20-19-13-16-7-4-3-5-8-16/h3-5,7-13H,2,6,14H2,1H3,(H,20,21). The SMILES string of the molecule is CCCc1ccc(OCC(=O)NN=Cc2ccccc2)cc1. The summed E-state index contributed by atoms with van der Waals surface area (Å²) < 4.78 is 5.42. The fraction of sp³-hybridized carbons (Fsp3) is 0.222. The van der Waals surface area contributed by atoms with Crippen LogP contribution in [-0.4, -0.2) is 18.7 Å². The minimum Gasteiger partial charge on any atom is -0.484 e. The van der Waals surface area contributed by atoms with Crippen molar-refractivity contribution in [1.29, 1.82) is 0 Å². The number of benzene rings is 2. The van der Waals surface area contributed by atoms with E-state index in [4.69, 9.17) is 4.74 Å². The maximum absolute atomic E-state index is 11.6. The molecule has 0 aromatic heterocycles. The Morgan fingerprint density at radius 1 is 1.14 bits per heavy atom. The largest absolute Gasteiger partial charge is 0.484 e. The summed E-state index contributed by atoms with van der Waals surface area (Å²) in [5, 5.41) is 3.89. The topological polar surface area (TPSA) is 50.7 Å². The first kappa shape index (κ1) is 15.8. The van der Waals surface area contributed by atoms with Crippen LogP contribution in [-0.2, 0) is 11.2 Å². The van der Waals surface area contributed by atoms with Gasteiger partial charge < -0.3 is 4.74 Å². The van der Waals surface area contributed by atoms with Gasteiger partial charge in [0, 0.05) is 0 Å². The molecule has 0 aliphatic heterocycles. The predicted molar refractivity (Wildman–Crippen MR) is 88.1 cm³/mol. The molecule has 22 heavy (non-hydrogen) atoms.